The van der Waals surface area contributed by atoms with Gasteiger partial charge >= 0.3 is 0 Å². The van der Waals surface area contributed by atoms with E-state index in [4.69, 9.17) is 0 Å². The van der Waals surface area contributed by atoms with Gasteiger partial charge in [0.1, 0.15) is 19.0 Å². The van der Waals surface area contributed by atoms with Crippen LogP contribution < -0.4 is 5.32 Å². The number of nitrogens with one attached hydrogen (secondary N) is 1. The van der Waals surface area contributed by atoms with Crippen LogP contribution >= 0.6 is 0 Å². The van der Waals surface area contributed by atoms with Crippen molar-refractivity contribution in [3.63, 3.8) is 0 Å². The SMILES string of the molecule is CCC(C)(C)NC(=O)Cn1c(CO)nc2ccccc21. The van der Waals surface area contributed by atoms with Gasteiger partial charge in [-0.1, -0.05) is 19.1 Å². The second-order valence-corrected chi connectivity index (χ2v) is 5.55. The van der Waals surface area contributed by atoms with Crippen molar-refractivity contribution in [1.29, 1.82) is 0 Å². The van der Waals surface area contributed by atoms with Crippen LogP contribution in [0, 0.1) is 0 Å². The monoisotopic (exact) mass is 275 g/mol. The summed E-state index contributed by atoms with van der Waals surface area (Å²) in [6, 6.07) is 7.56. The first-order chi connectivity index (χ1) is 9.46. The highest BCUT2D eigenvalue weighted by Gasteiger charge is 2.19. The number of hydrogen-bond acceptors (Lipinski definition) is 3. The van der Waals surface area contributed by atoms with Gasteiger partial charge in [0.05, 0.1) is 11.0 Å². The molecule has 0 bridgehead atoms. The standard InChI is InChI=1S/C15H21N3O2/c1-4-15(2,3)17-14(20)9-18-12-8-6-5-7-11(12)16-13(18)10-19/h5-8,19H,4,9-10H2,1-3H3,(H,17,20). The number of nitrogens with zero attached hydrogens (tertiary/aromatic N) is 2. The third-order valence-electron chi connectivity index (χ3n) is 3.54. The number of aliphatic hydroxyl groups excluding tert-OH is 1. The molecular formula is C15H21N3O2. The van der Waals surface area contributed by atoms with Crippen LogP contribution in [-0.4, -0.2) is 26.1 Å². The molecule has 1 aromatic carbocycles. The Morgan fingerprint density at radius 1 is 1.40 bits per heavy atom. The molecule has 1 amide bonds. The second kappa shape index (κ2) is 5.63. The highest BCUT2D eigenvalue weighted by atomic mass is 16.3. The van der Waals surface area contributed by atoms with Crippen molar-refractivity contribution < 1.29 is 9.90 Å². The van der Waals surface area contributed by atoms with Crippen molar-refractivity contribution in [2.24, 2.45) is 0 Å². The molecule has 0 unspecified atom stereocenters. The normalized spacial score (nSPS) is 11.8. The molecule has 5 nitrogen and oxygen atoms in total. The summed E-state index contributed by atoms with van der Waals surface area (Å²) in [6.07, 6.45) is 0.857. The molecular weight excluding hydrogens is 254 g/mol. The van der Waals surface area contributed by atoms with Crippen molar-refractivity contribution in [3.05, 3.63) is 30.1 Å². The van der Waals surface area contributed by atoms with Crippen molar-refractivity contribution in [3.8, 4) is 0 Å². The van der Waals surface area contributed by atoms with Crippen LogP contribution in [0.5, 0.6) is 0 Å². The smallest absolute Gasteiger partial charge is 0.240 e. The van der Waals surface area contributed by atoms with Gasteiger partial charge in [-0.15, -0.1) is 0 Å². The minimum Gasteiger partial charge on any atom is -0.388 e. The summed E-state index contributed by atoms with van der Waals surface area (Å²) in [6.45, 7) is 6.00. The number of benzene rings is 1. The van der Waals surface area contributed by atoms with E-state index in [1.807, 2.05) is 45.0 Å². The third-order valence-corrected chi connectivity index (χ3v) is 3.54. The van der Waals surface area contributed by atoms with Crippen LogP contribution in [0.2, 0.25) is 0 Å². The quantitative estimate of drug-likeness (QED) is 0.875. The molecule has 0 saturated carbocycles. The topological polar surface area (TPSA) is 67.2 Å². The van der Waals surface area contributed by atoms with Gasteiger partial charge in [0.2, 0.25) is 5.91 Å². The van der Waals surface area contributed by atoms with Gasteiger partial charge in [-0.25, -0.2) is 4.98 Å². The van der Waals surface area contributed by atoms with Crippen LogP contribution in [0.25, 0.3) is 11.0 Å². The number of amides is 1. The summed E-state index contributed by atoms with van der Waals surface area (Å²) >= 11 is 0. The highest BCUT2D eigenvalue weighted by Crippen LogP contribution is 2.16. The van der Waals surface area contributed by atoms with E-state index in [0.717, 1.165) is 17.5 Å². The summed E-state index contributed by atoms with van der Waals surface area (Å²) < 4.78 is 1.76. The number of fused-ring (bicyclic) bond motifs is 1. The zero-order chi connectivity index (χ0) is 14.8. The van der Waals surface area contributed by atoms with Crippen molar-refractivity contribution in [1.82, 2.24) is 14.9 Å². The maximum atomic E-state index is 12.2. The van der Waals surface area contributed by atoms with Crippen LogP contribution in [0.3, 0.4) is 0 Å². The summed E-state index contributed by atoms with van der Waals surface area (Å²) in [4.78, 5) is 16.5. The Kier molecular flexibility index (Phi) is 4.09. The Balaban J connectivity index is 2.27. The molecule has 0 radical (unpaired) electrons. The lowest BCUT2D eigenvalue weighted by atomic mass is 10.0. The zero-order valence-corrected chi connectivity index (χ0v) is 12.2. The minimum absolute atomic E-state index is 0.0743. The fourth-order valence-corrected chi connectivity index (χ4v) is 2.07. The number of aromatic nitrogens is 2. The van der Waals surface area contributed by atoms with E-state index in [2.05, 4.69) is 10.3 Å². The number of aliphatic hydroxyl groups is 1. The van der Waals surface area contributed by atoms with Gasteiger partial charge in [-0.05, 0) is 32.4 Å². The molecule has 0 aliphatic rings. The van der Waals surface area contributed by atoms with Crippen molar-refractivity contribution in [2.45, 2.75) is 45.9 Å². The largest absolute Gasteiger partial charge is 0.388 e. The Morgan fingerprint density at radius 3 is 2.75 bits per heavy atom. The number of rotatable bonds is 5. The van der Waals surface area contributed by atoms with E-state index in [9.17, 15) is 9.90 Å². The van der Waals surface area contributed by atoms with Gasteiger partial charge in [-0.2, -0.15) is 0 Å². The molecule has 1 heterocycles. The van der Waals surface area contributed by atoms with Crippen LogP contribution in [-0.2, 0) is 17.9 Å². The molecule has 0 spiro atoms. The molecule has 0 atom stereocenters. The maximum Gasteiger partial charge on any atom is 0.240 e. The van der Waals surface area contributed by atoms with Gasteiger partial charge in [0.25, 0.3) is 0 Å². The average molecular weight is 275 g/mol. The Hall–Kier alpha value is -1.88. The fraction of sp³-hybridized carbons (Fsp3) is 0.467. The van der Waals surface area contributed by atoms with Crippen LogP contribution in [0.4, 0.5) is 0 Å². The molecule has 108 valence electrons. The summed E-state index contributed by atoms with van der Waals surface area (Å²) in [5.41, 5.74) is 1.42. The predicted molar refractivity (Wildman–Crippen MR) is 78.2 cm³/mol. The molecule has 1 aromatic heterocycles. The number of carbonyl (C=O) groups is 1. The first kappa shape index (κ1) is 14.5. The number of imidazole rings is 1. The molecule has 2 N–H and O–H groups in total. The van der Waals surface area contributed by atoms with E-state index in [1.165, 1.54) is 0 Å². The first-order valence-corrected chi connectivity index (χ1v) is 6.83. The van der Waals surface area contributed by atoms with E-state index in [-0.39, 0.29) is 24.6 Å². The molecule has 20 heavy (non-hydrogen) atoms. The Labute approximate surface area is 118 Å². The molecule has 5 heteroatoms. The summed E-state index contributed by atoms with van der Waals surface area (Å²) in [5.74, 6) is 0.436. The van der Waals surface area contributed by atoms with Crippen molar-refractivity contribution in [2.75, 3.05) is 0 Å². The number of carbonyl (C=O) groups excluding carboxylic acids is 1. The minimum atomic E-state index is -0.229. The maximum absolute atomic E-state index is 12.2. The van der Waals surface area contributed by atoms with E-state index >= 15 is 0 Å². The van der Waals surface area contributed by atoms with Crippen molar-refractivity contribution >= 4 is 16.9 Å². The highest BCUT2D eigenvalue weighted by molar-refractivity contribution is 5.81. The fourth-order valence-electron chi connectivity index (χ4n) is 2.07. The van der Waals surface area contributed by atoms with Gasteiger partial charge in [0, 0.05) is 5.54 Å². The van der Waals surface area contributed by atoms with Gasteiger partial charge in [0.15, 0.2) is 0 Å². The summed E-state index contributed by atoms with van der Waals surface area (Å²) in [5, 5.41) is 12.4. The van der Waals surface area contributed by atoms with Crippen LogP contribution in [0.15, 0.2) is 24.3 Å². The Bertz CT molecular complexity index is 617. The number of hydrogen-bond donors (Lipinski definition) is 2. The van der Waals surface area contributed by atoms with Gasteiger partial charge in [-0.3, -0.25) is 4.79 Å². The van der Waals surface area contributed by atoms with E-state index in [1.54, 1.807) is 4.57 Å². The summed E-state index contributed by atoms with van der Waals surface area (Å²) in [7, 11) is 0. The molecule has 0 aliphatic carbocycles. The molecule has 0 saturated heterocycles. The lowest BCUT2D eigenvalue weighted by Gasteiger charge is -2.24. The molecule has 0 aliphatic heterocycles. The average Bonchev–Trinajstić information content (AvgIpc) is 2.76. The van der Waals surface area contributed by atoms with E-state index < -0.39 is 0 Å². The first-order valence-electron chi connectivity index (χ1n) is 6.83. The molecule has 2 aromatic rings. The Morgan fingerprint density at radius 2 is 2.10 bits per heavy atom. The molecule has 2 rings (SSSR count). The van der Waals surface area contributed by atoms with E-state index in [0.29, 0.717) is 5.82 Å². The lowest BCUT2D eigenvalue weighted by molar-refractivity contribution is -0.123. The predicted octanol–water partition coefficient (Wildman–Crippen LogP) is 1.83. The van der Waals surface area contributed by atoms with Gasteiger partial charge < -0.3 is 15.0 Å². The second-order valence-electron chi connectivity index (χ2n) is 5.55. The van der Waals surface area contributed by atoms with Crippen LogP contribution in [0.1, 0.15) is 33.0 Å². The molecule has 0 fully saturated rings. The zero-order valence-electron chi connectivity index (χ0n) is 12.2. The number of para-hydroxylation sites is 2. The lowest BCUT2D eigenvalue weighted by Crippen LogP contribution is -2.44. The third kappa shape index (κ3) is 2.99.